The van der Waals surface area contributed by atoms with E-state index in [0.717, 1.165) is 57.8 Å². The van der Waals surface area contributed by atoms with Crippen LogP contribution in [0.15, 0.2) is 48.6 Å². The molecule has 0 aliphatic heterocycles. The van der Waals surface area contributed by atoms with Crippen molar-refractivity contribution in [3.63, 3.8) is 0 Å². The molecule has 0 aromatic carbocycles. The maximum atomic E-state index is 12.3. The minimum Gasteiger partial charge on any atom is -0.481 e. The first-order chi connectivity index (χ1) is 20.6. The second kappa shape index (κ2) is 33.4. The van der Waals surface area contributed by atoms with Crippen LogP contribution in [0.4, 0.5) is 0 Å². The first-order valence-electron chi connectivity index (χ1n) is 17.6. The molecule has 0 aliphatic carbocycles. The topological polar surface area (TPSA) is 63.6 Å². The lowest BCUT2D eigenvalue weighted by atomic mass is 10.0. The summed E-state index contributed by atoms with van der Waals surface area (Å²) >= 11 is 0. The van der Waals surface area contributed by atoms with Crippen molar-refractivity contribution < 1.29 is 19.4 Å². The normalized spacial score (nSPS) is 12.8. The van der Waals surface area contributed by atoms with E-state index in [1.807, 2.05) is 0 Å². The molecule has 0 bridgehead atoms. The molecule has 0 aromatic rings. The highest BCUT2D eigenvalue weighted by Gasteiger charge is 2.17. The van der Waals surface area contributed by atoms with E-state index >= 15 is 0 Å². The molecule has 42 heavy (non-hydrogen) atoms. The number of carboxylic acid groups (broad SMARTS) is 1. The van der Waals surface area contributed by atoms with Crippen molar-refractivity contribution in [2.24, 2.45) is 0 Å². The van der Waals surface area contributed by atoms with Crippen molar-refractivity contribution in [1.29, 1.82) is 0 Å². The molecule has 4 heteroatoms. The van der Waals surface area contributed by atoms with Crippen LogP contribution < -0.4 is 0 Å². The molecule has 0 saturated heterocycles. The van der Waals surface area contributed by atoms with Crippen molar-refractivity contribution in [1.82, 2.24) is 0 Å². The molecule has 1 atom stereocenters. The molecule has 242 valence electrons. The van der Waals surface area contributed by atoms with E-state index in [4.69, 9.17) is 4.74 Å². The molecular formula is C38H66O4. The van der Waals surface area contributed by atoms with E-state index in [9.17, 15) is 14.7 Å². The number of ether oxygens (including phenoxy) is 1. The van der Waals surface area contributed by atoms with Gasteiger partial charge in [0.2, 0.25) is 0 Å². The summed E-state index contributed by atoms with van der Waals surface area (Å²) in [4.78, 5) is 23.5. The Morgan fingerprint density at radius 2 is 0.952 bits per heavy atom. The molecule has 1 unspecified atom stereocenters. The number of allylic oxidation sites excluding steroid dienone is 8. The van der Waals surface area contributed by atoms with Crippen LogP contribution in [0.25, 0.3) is 0 Å². The summed E-state index contributed by atoms with van der Waals surface area (Å²) in [6.07, 6.45) is 44.1. The van der Waals surface area contributed by atoms with Gasteiger partial charge in [-0.25, -0.2) is 0 Å². The largest absolute Gasteiger partial charge is 0.481 e. The second-order valence-electron chi connectivity index (χ2n) is 11.7. The van der Waals surface area contributed by atoms with Crippen LogP contribution >= 0.6 is 0 Å². The molecule has 4 nitrogen and oxygen atoms in total. The van der Waals surface area contributed by atoms with Gasteiger partial charge in [-0.05, 0) is 64.2 Å². The van der Waals surface area contributed by atoms with Gasteiger partial charge in [0.15, 0.2) is 0 Å². The van der Waals surface area contributed by atoms with Crippen molar-refractivity contribution >= 4 is 11.9 Å². The number of rotatable bonds is 31. The van der Waals surface area contributed by atoms with Crippen molar-refractivity contribution in [2.75, 3.05) is 0 Å². The van der Waals surface area contributed by atoms with Gasteiger partial charge in [-0.15, -0.1) is 0 Å². The van der Waals surface area contributed by atoms with Gasteiger partial charge in [0, 0.05) is 6.42 Å². The molecule has 0 spiro atoms. The third-order valence-corrected chi connectivity index (χ3v) is 7.54. The molecule has 0 heterocycles. The third kappa shape index (κ3) is 32.4. The highest BCUT2D eigenvalue weighted by atomic mass is 16.5. The van der Waals surface area contributed by atoms with Crippen LogP contribution in [0, 0.1) is 0 Å². The lowest BCUT2D eigenvalue weighted by Crippen LogP contribution is -2.21. The van der Waals surface area contributed by atoms with Crippen molar-refractivity contribution in [3.8, 4) is 0 Å². The molecule has 0 saturated carbocycles. The van der Waals surface area contributed by atoms with Gasteiger partial charge in [0.1, 0.15) is 6.10 Å². The lowest BCUT2D eigenvalue weighted by molar-refractivity contribution is -0.153. The number of aliphatic carboxylic acids is 1. The summed E-state index contributed by atoms with van der Waals surface area (Å²) in [5.74, 6) is -1.13. The van der Waals surface area contributed by atoms with Crippen LogP contribution in [0.3, 0.4) is 0 Å². The van der Waals surface area contributed by atoms with Crippen LogP contribution in [-0.4, -0.2) is 23.1 Å². The molecular weight excluding hydrogens is 520 g/mol. The summed E-state index contributed by atoms with van der Waals surface area (Å²) in [6, 6.07) is 0. The summed E-state index contributed by atoms with van der Waals surface area (Å²) in [6.45, 7) is 4.48. The Morgan fingerprint density at radius 3 is 1.48 bits per heavy atom. The van der Waals surface area contributed by atoms with E-state index in [0.29, 0.717) is 12.8 Å². The van der Waals surface area contributed by atoms with Gasteiger partial charge in [0.25, 0.3) is 0 Å². The molecule has 0 radical (unpaired) electrons. The summed E-state index contributed by atoms with van der Waals surface area (Å²) < 4.78 is 5.54. The Kier molecular flexibility index (Phi) is 31.7. The van der Waals surface area contributed by atoms with Gasteiger partial charge in [-0.3, -0.25) is 9.59 Å². The predicted molar refractivity (Wildman–Crippen MR) is 181 cm³/mol. The van der Waals surface area contributed by atoms with Crippen molar-refractivity contribution in [3.05, 3.63) is 48.6 Å². The van der Waals surface area contributed by atoms with Crippen LogP contribution in [0.2, 0.25) is 0 Å². The zero-order valence-corrected chi connectivity index (χ0v) is 27.5. The Bertz CT molecular complexity index is 719. The lowest BCUT2D eigenvalue weighted by Gasteiger charge is -2.16. The van der Waals surface area contributed by atoms with E-state index < -0.39 is 12.1 Å². The number of carbonyl (C=O) groups excluding carboxylic acids is 1. The van der Waals surface area contributed by atoms with Crippen molar-refractivity contribution in [2.45, 2.75) is 180 Å². The van der Waals surface area contributed by atoms with E-state index in [1.54, 1.807) is 0 Å². The molecule has 0 rings (SSSR count). The molecule has 0 aliphatic rings. The van der Waals surface area contributed by atoms with Gasteiger partial charge < -0.3 is 9.84 Å². The fourth-order valence-corrected chi connectivity index (χ4v) is 4.95. The SMILES string of the molecule is CCCCC/C=C\C/C=C\C/C=C\C/C=C\CCCCCCCC(=O)OC(CCCCCCCCCCC)CC(=O)O. The minimum absolute atomic E-state index is 0.0831. The standard InChI is InChI=1S/C38H66O4/c1-3-5-7-9-11-13-14-15-16-17-18-19-20-21-22-23-24-26-28-30-32-34-38(41)42-36(35-37(39)40)33-31-29-27-25-12-10-8-6-4-2/h11,13,15-16,18-19,21-22,36H,3-10,12,14,17,20,23-35H2,1-2H3,(H,39,40)/b13-11-,16-15-,19-18-,22-21-. The maximum absolute atomic E-state index is 12.3. The van der Waals surface area contributed by atoms with Gasteiger partial charge >= 0.3 is 11.9 Å². The van der Waals surface area contributed by atoms with Gasteiger partial charge in [0.05, 0.1) is 6.42 Å². The Hall–Kier alpha value is -2.10. The Balaban J connectivity index is 3.72. The molecule has 0 aromatic heterocycles. The summed E-state index contributed by atoms with van der Waals surface area (Å²) in [7, 11) is 0. The number of esters is 1. The highest BCUT2D eigenvalue weighted by molar-refractivity contribution is 5.71. The number of unbranched alkanes of at least 4 members (excludes halogenated alkanes) is 16. The first kappa shape index (κ1) is 39.9. The monoisotopic (exact) mass is 586 g/mol. The molecule has 1 N–H and O–H groups in total. The van der Waals surface area contributed by atoms with E-state index in [2.05, 4.69) is 62.5 Å². The quantitative estimate of drug-likeness (QED) is 0.0498. The fraction of sp³-hybridized carbons (Fsp3) is 0.737. The second-order valence-corrected chi connectivity index (χ2v) is 11.7. The number of hydrogen-bond donors (Lipinski definition) is 1. The predicted octanol–water partition coefficient (Wildman–Crippen LogP) is 12.0. The number of hydrogen-bond acceptors (Lipinski definition) is 3. The Morgan fingerprint density at radius 1 is 0.548 bits per heavy atom. The van der Waals surface area contributed by atoms with Crippen LogP contribution in [-0.2, 0) is 14.3 Å². The zero-order chi connectivity index (χ0) is 30.8. The molecule has 0 fully saturated rings. The summed E-state index contributed by atoms with van der Waals surface area (Å²) in [5, 5.41) is 9.19. The Labute approximate surface area is 260 Å². The fourth-order valence-electron chi connectivity index (χ4n) is 4.95. The highest BCUT2D eigenvalue weighted by Crippen LogP contribution is 2.16. The summed E-state index contributed by atoms with van der Waals surface area (Å²) in [5.41, 5.74) is 0. The van der Waals surface area contributed by atoms with Crippen LogP contribution in [0.5, 0.6) is 0 Å². The first-order valence-corrected chi connectivity index (χ1v) is 17.6. The maximum Gasteiger partial charge on any atom is 0.307 e. The van der Waals surface area contributed by atoms with Crippen LogP contribution in [0.1, 0.15) is 174 Å². The van der Waals surface area contributed by atoms with Gasteiger partial charge in [-0.1, -0.05) is 146 Å². The third-order valence-electron chi connectivity index (χ3n) is 7.54. The van der Waals surface area contributed by atoms with Gasteiger partial charge in [-0.2, -0.15) is 0 Å². The smallest absolute Gasteiger partial charge is 0.307 e. The minimum atomic E-state index is -0.891. The average Bonchev–Trinajstić information content (AvgIpc) is 2.96. The van der Waals surface area contributed by atoms with E-state index in [-0.39, 0.29) is 12.4 Å². The number of carbonyl (C=O) groups is 2. The zero-order valence-electron chi connectivity index (χ0n) is 27.5. The molecule has 0 amide bonds. The van der Waals surface area contributed by atoms with E-state index in [1.165, 1.54) is 83.5 Å². The average molecular weight is 587 g/mol. The number of carboxylic acids is 1.